The van der Waals surface area contributed by atoms with E-state index >= 15 is 0 Å². The molecule has 1 nitrogen and oxygen atoms in total. The van der Waals surface area contributed by atoms with E-state index in [0.29, 0.717) is 0 Å². The second-order valence-electron chi connectivity index (χ2n) is 4.19. The molecule has 1 heterocycles. The van der Waals surface area contributed by atoms with Gasteiger partial charge >= 0.3 is 0 Å². The first kappa shape index (κ1) is 10.7. The zero-order chi connectivity index (χ0) is 11.8. The number of aryl methyl sites for hydroxylation is 1. The Hall–Kier alpha value is -1.48. The quantitative estimate of drug-likeness (QED) is 0.801. The van der Waals surface area contributed by atoms with Gasteiger partial charge in [0, 0.05) is 10.6 Å². The van der Waals surface area contributed by atoms with Crippen molar-refractivity contribution in [1.29, 1.82) is 0 Å². The molecule has 1 atom stereocenters. The topological polar surface area (TPSA) is 12.0 Å². The van der Waals surface area contributed by atoms with Crippen molar-refractivity contribution in [2.45, 2.75) is 17.2 Å². The zero-order valence-electron chi connectivity index (χ0n) is 9.41. The van der Waals surface area contributed by atoms with E-state index in [1.54, 1.807) is 23.9 Å². The molecule has 1 N–H and O–H groups in total. The Kier molecular flexibility index (Phi) is 2.56. The van der Waals surface area contributed by atoms with E-state index in [4.69, 9.17) is 0 Å². The molecule has 2 aromatic carbocycles. The van der Waals surface area contributed by atoms with Gasteiger partial charge in [0.2, 0.25) is 0 Å². The largest absolute Gasteiger partial charge is 0.368 e. The highest BCUT2D eigenvalue weighted by Crippen LogP contribution is 2.46. The molecule has 0 saturated carbocycles. The summed E-state index contributed by atoms with van der Waals surface area (Å²) in [4.78, 5) is 0.982. The first-order chi connectivity index (χ1) is 8.22. The highest BCUT2D eigenvalue weighted by atomic mass is 32.2. The van der Waals surface area contributed by atoms with Gasteiger partial charge in [0.1, 0.15) is 11.2 Å². The Balaban J connectivity index is 1.88. The molecule has 0 aliphatic carbocycles. The fraction of sp³-hybridized carbons (Fsp3) is 0.143. The maximum Gasteiger partial charge on any atom is 0.124 e. The molecule has 3 heteroatoms. The normalized spacial score (nSPS) is 17.6. The standard InChI is InChI=1S/C14H12FNS/c1-9-2-4-10(5-3-9)14-16-12-7-6-11(15)8-13(12)17-14/h2-8,14,16H,1H3. The number of rotatable bonds is 1. The third-order valence-electron chi connectivity index (χ3n) is 2.86. The second kappa shape index (κ2) is 4.08. The molecule has 1 unspecified atom stereocenters. The van der Waals surface area contributed by atoms with E-state index in [2.05, 4.69) is 36.5 Å². The van der Waals surface area contributed by atoms with Crippen LogP contribution in [-0.2, 0) is 0 Å². The number of fused-ring (bicyclic) bond motifs is 1. The smallest absolute Gasteiger partial charge is 0.124 e. The van der Waals surface area contributed by atoms with Gasteiger partial charge in [0.15, 0.2) is 0 Å². The molecule has 1 aliphatic heterocycles. The van der Waals surface area contributed by atoms with Crippen LogP contribution >= 0.6 is 11.8 Å². The lowest BCUT2D eigenvalue weighted by Crippen LogP contribution is -2.00. The van der Waals surface area contributed by atoms with Gasteiger partial charge in [-0.3, -0.25) is 0 Å². The number of nitrogens with one attached hydrogen (secondary N) is 1. The van der Waals surface area contributed by atoms with E-state index in [1.165, 1.54) is 17.2 Å². The van der Waals surface area contributed by atoms with Gasteiger partial charge in [-0.15, -0.1) is 0 Å². The molecule has 86 valence electrons. The summed E-state index contributed by atoms with van der Waals surface area (Å²) >= 11 is 1.66. The van der Waals surface area contributed by atoms with Crippen LogP contribution in [0.3, 0.4) is 0 Å². The first-order valence-corrected chi connectivity index (χ1v) is 6.40. The Morgan fingerprint density at radius 3 is 2.65 bits per heavy atom. The monoisotopic (exact) mass is 245 g/mol. The molecule has 1 aliphatic rings. The maximum absolute atomic E-state index is 13.1. The van der Waals surface area contributed by atoms with Gasteiger partial charge in [-0.25, -0.2) is 4.39 Å². The van der Waals surface area contributed by atoms with E-state index < -0.39 is 0 Å². The van der Waals surface area contributed by atoms with E-state index in [-0.39, 0.29) is 11.2 Å². The van der Waals surface area contributed by atoms with Crippen molar-refractivity contribution in [2.75, 3.05) is 5.32 Å². The number of hydrogen-bond donors (Lipinski definition) is 1. The minimum Gasteiger partial charge on any atom is -0.368 e. The van der Waals surface area contributed by atoms with Crippen LogP contribution in [0.15, 0.2) is 47.4 Å². The summed E-state index contributed by atoms with van der Waals surface area (Å²) in [6.07, 6.45) is 0. The fourth-order valence-electron chi connectivity index (χ4n) is 1.90. The zero-order valence-corrected chi connectivity index (χ0v) is 10.2. The van der Waals surface area contributed by atoms with Gasteiger partial charge < -0.3 is 5.32 Å². The van der Waals surface area contributed by atoms with Gasteiger partial charge in [-0.05, 0) is 30.7 Å². The van der Waals surface area contributed by atoms with Crippen LogP contribution in [0.2, 0.25) is 0 Å². The van der Waals surface area contributed by atoms with Crippen molar-refractivity contribution < 1.29 is 4.39 Å². The molecule has 2 aromatic rings. The molecule has 17 heavy (non-hydrogen) atoms. The molecule has 0 saturated heterocycles. The lowest BCUT2D eigenvalue weighted by Gasteiger charge is -2.10. The van der Waals surface area contributed by atoms with E-state index in [1.807, 2.05) is 0 Å². The summed E-state index contributed by atoms with van der Waals surface area (Å²) in [5, 5.41) is 3.58. The number of halogens is 1. The summed E-state index contributed by atoms with van der Waals surface area (Å²) < 4.78 is 13.1. The van der Waals surface area contributed by atoms with Gasteiger partial charge in [-0.2, -0.15) is 0 Å². The number of benzene rings is 2. The second-order valence-corrected chi connectivity index (χ2v) is 5.34. The predicted octanol–water partition coefficient (Wildman–Crippen LogP) is 4.35. The van der Waals surface area contributed by atoms with Crippen molar-refractivity contribution in [3.63, 3.8) is 0 Å². The molecule has 0 aromatic heterocycles. The maximum atomic E-state index is 13.1. The predicted molar refractivity (Wildman–Crippen MR) is 69.8 cm³/mol. The van der Waals surface area contributed by atoms with E-state index in [0.717, 1.165) is 10.6 Å². The number of anilines is 1. The van der Waals surface area contributed by atoms with Crippen LogP contribution in [-0.4, -0.2) is 0 Å². The van der Waals surface area contributed by atoms with Crippen molar-refractivity contribution in [3.8, 4) is 0 Å². The summed E-state index contributed by atoms with van der Waals surface area (Å²) in [6, 6.07) is 13.3. The number of hydrogen-bond acceptors (Lipinski definition) is 2. The Morgan fingerprint density at radius 2 is 1.88 bits per heavy atom. The highest BCUT2D eigenvalue weighted by Gasteiger charge is 2.22. The molecule has 0 bridgehead atoms. The first-order valence-electron chi connectivity index (χ1n) is 5.52. The van der Waals surface area contributed by atoms with Crippen LogP contribution < -0.4 is 5.32 Å². The average molecular weight is 245 g/mol. The van der Waals surface area contributed by atoms with E-state index in [9.17, 15) is 4.39 Å². The van der Waals surface area contributed by atoms with Crippen molar-refractivity contribution in [3.05, 3.63) is 59.4 Å². The van der Waals surface area contributed by atoms with Crippen LogP contribution in [0.25, 0.3) is 0 Å². The Labute approximate surface area is 104 Å². The Bertz CT molecular complexity index is 551. The SMILES string of the molecule is Cc1ccc(C2Nc3ccc(F)cc3S2)cc1. The minimum absolute atomic E-state index is 0.178. The van der Waals surface area contributed by atoms with Crippen LogP contribution in [0.4, 0.5) is 10.1 Å². The average Bonchev–Trinajstić information content (AvgIpc) is 2.72. The Morgan fingerprint density at radius 1 is 1.12 bits per heavy atom. The van der Waals surface area contributed by atoms with Crippen LogP contribution in [0.1, 0.15) is 16.5 Å². The van der Waals surface area contributed by atoms with Crippen molar-refractivity contribution >= 4 is 17.4 Å². The molecule has 3 rings (SSSR count). The molecule has 0 radical (unpaired) electrons. The van der Waals surface area contributed by atoms with Gasteiger partial charge in [0.25, 0.3) is 0 Å². The number of thioether (sulfide) groups is 1. The summed E-state index contributed by atoms with van der Waals surface area (Å²) in [5.41, 5.74) is 3.49. The summed E-state index contributed by atoms with van der Waals surface area (Å²) in [6.45, 7) is 2.07. The highest BCUT2D eigenvalue weighted by molar-refractivity contribution is 8.00. The van der Waals surface area contributed by atoms with Crippen LogP contribution in [0, 0.1) is 12.7 Å². The fourth-order valence-corrected chi connectivity index (χ4v) is 3.07. The van der Waals surface area contributed by atoms with Gasteiger partial charge in [-0.1, -0.05) is 41.6 Å². The van der Waals surface area contributed by atoms with Gasteiger partial charge in [0.05, 0.1) is 0 Å². The van der Waals surface area contributed by atoms with Crippen molar-refractivity contribution in [2.24, 2.45) is 0 Å². The van der Waals surface area contributed by atoms with Crippen LogP contribution in [0.5, 0.6) is 0 Å². The van der Waals surface area contributed by atoms with Crippen molar-refractivity contribution in [1.82, 2.24) is 0 Å². The molecule has 0 amide bonds. The summed E-state index contributed by atoms with van der Waals surface area (Å²) in [5.74, 6) is -0.178. The third-order valence-corrected chi connectivity index (χ3v) is 4.07. The molecular formula is C14H12FNS. The third kappa shape index (κ3) is 2.03. The lowest BCUT2D eigenvalue weighted by molar-refractivity contribution is 0.625. The summed E-state index contributed by atoms with van der Waals surface area (Å²) in [7, 11) is 0. The molecular weight excluding hydrogens is 233 g/mol. The minimum atomic E-state index is -0.178. The molecule has 0 fully saturated rings. The lowest BCUT2D eigenvalue weighted by atomic mass is 10.1. The molecule has 0 spiro atoms.